The van der Waals surface area contributed by atoms with E-state index < -0.39 is 4.92 Å². The summed E-state index contributed by atoms with van der Waals surface area (Å²) in [5.41, 5.74) is 0.777. The van der Waals surface area contributed by atoms with Crippen LogP contribution in [0.3, 0.4) is 0 Å². The fourth-order valence-electron chi connectivity index (χ4n) is 1.50. The zero-order valence-corrected chi connectivity index (χ0v) is 9.34. The molecule has 0 spiro atoms. The molecule has 2 aromatic rings. The maximum atomic E-state index is 10.6. The minimum absolute atomic E-state index is 0.0747. The Bertz CT molecular complexity index is 534. The lowest BCUT2D eigenvalue weighted by Gasteiger charge is -2.03. The van der Waals surface area contributed by atoms with E-state index in [1.165, 1.54) is 12.1 Å². The molecule has 0 aliphatic rings. The van der Waals surface area contributed by atoms with Crippen molar-refractivity contribution in [2.45, 2.75) is 13.5 Å². The normalized spacial score (nSPS) is 10.2. The van der Waals surface area contributed by atoms with E-state index in [9.17, 15) is 10.1 Å². The minimum atomic E-state index is -0.414. The topological polar surface area (TPSA) is 68.3 Å². The Morgan fingerprint density at radius 3 is 2.82 bits per heavy atom. The van der Waals surface area contributed by atoms with Crippen molar-refractivity contribution >= 4 is 11.4 Å². The second kappa shape index (κ2) is 4.69. The fourth-order valence-corrected chi connectivity index (χ4v) is 1.50. The standard InChI is InChI=1S/C12H12N2O3/c1-9-5-6-12(17-9)8-13-10-3-2-4-11(7-10)14(15)16/h2-7,13H,8H2,1H3. The van der Waals surface area contributed by atoms with Crippen LogP contribution in [-0.2, 0) is 6.54 Å². The van der Waals surface area contributed by atoms with Crippen LogP contribution in [0.25, 0.3) is 0 Å². The summed E-state index contributed by atoms with van der Waals surface area (Å²) in [7, 11) is 0. The van der Waals surface area contributed by atoms with Crippen LogP contribution in [0.5, 0.6) is 0 Å². The molecule has 0 saturated carbocycles. The number of benzene rings is 1. The van der Waals surface area contributed by atoms with Gasteiger partial charge in [-0.05, 0) is 25.1 Å². The highest BCUT2D eigenvalue weighted by molar-refractivity contribution is 5.50. The lowest BCUT2D eigenvalue weighted by atomic mass is 10.3. The Morgan fingerprint density at radius 2 is 2.18 bits per heavy atom. The molecule has 0 aliphatic carbocycles. The molecule has 1 N–H and O–H groups in total. The van der Waals surface area contributed by atoms with Crippen molar-refractivity contribution < 1.29 is 9.34 Å². The smallest absolute Gasteiger partial charge is 0.271 e. The molecule has 88 valence electrons. The molecule has 0 fully saturated rings. The first kappa shape index (κ1) is 11.2. The van der Waals surface area contributed by atoms with Crippen LogP contribution in [0.2, 0.25) is 0 Å². The van der Waals surface area contributed by atoms with Crippen LogP contribution in [-0.4, -0.2) is 4.92 Å². The summed E-state index contributed by atoms with van der Waals surface area (Å²) < 4.78 is 5.39. The van der Waals surface area contributed by atoms with E-state index in [0.29, 0.717) is 12.2 Å². The second-order valence-corrected chi connectivity index (χ2v) is 3.67. The molecule has 0 aliphatic heterocycles. The van der Waals surface area contributed by atoms with Gasteiger partial charge in [-0.3, -0.25) is 10.1 Å². The van der Waals surface area contributed by atoms with Crippen LogP contribution in [0.15, 0.2) is 40.8 Å². The van der Waals surface area contributed by atoms with Gasteiger partial charge in [-0.1, -0.05) is 6.07 Å². The zero-order valence-electron chi connectivity index (χ0n) is 9.34. The monoisotopic (exact) mass is 232 g/mol. The summed E-state index contributed by atoms with van der Waals surface area (Å²) in [5, 5.41) is 13.7. The molecule has 1 aromatic heterocycles. The number of non-ortho nitro benzene ring substituents is 1. The first-order valence-corrected chi connectivity index (χ1v) is 5.19. The average Bonchev–Trinajstić information content (AvgIpc) is 2.73. The number of nitrogens with one attached hydrogen (secondary N) is 1. The number of hydrogen-bond acceptors (Lipinski definition) is 4. The maximum absolute atomic E-state index is 10.6. The first-order chi connectivity index (χ1) is 8.15. The Hall–Kier alpha value is -2.30. The van der Waals surface area contributed by atoms with Gasteiger partial charge in [-0.15, -0.1) is 0 Å². The van der Waals surface area contributed by atoms with Gasteiger partial charge in [-0.25, -0.2) is 0 Å². The van der Waals surface area contributed by atoms with E-state index >= 15 is 0 Å². The van der Waals surface area contributed by atoms with E-state index in [1.807, 2.05) is 19.1 Å². The van der Waals surface area contributed by atoms with Gasteiger partial charge in [0.1, 0.15) is 11.5 Å². The van der Waals surface area contributed by atoms with Gasteiger partial charge in [0.05, 0.1) is 11.5 Å². The maximum Gasteiger partial charge on any atom is 0.271 e. The zero-order chi connectivity index (χ0) is 12.3. The average molecular weight is 232 g/mol. The van der Waals surface area contributed by atoms with Crippen LogP contribution >= 0.6 is 0 Å². The Balaban J connectivity index is 2.04. The summed E-state index contributed by atoms with van der Waals surface area (Å²) >= 11 is 0. The SMILES string of the molecule is Cc1ccc(CNc2cccc([N+](=O)[O-])c2)o1. The number of aryl methyl sites for hydroxylation is 1. The Morgan fingerprint density at radius 1 is 1.35 bits per heavy atom. The first-order valence-electron chi connectivity index (χ1n) is 5.19. The van der Waals surface area contributed by atoms with Crippen LogP contribution < -0.4 is 5.32 Å². The van der Waals surface area contributed by atoms with Crippen molar-refractivity contribution in [2.75, 3.05) is 5.32 Å². The fraction of sp³-hybridized carbons (Fsp3) is 0.167. The second-order valence-electron chi connectivity index (χ2n) is 3.67. The number of nitro benzene ring substituents is 1. The predicted molar refractivity (Wildman–Crippen MR) is 63.9 cm³/mol. The molecule has 0 radical (unpaired) electrons. The molecule has 2 rings (SSSR count). The largest absolute Gasteiger partial charge is 0.465 e. The molecule has 0 amide bonds. The molecule has 0 atom stereocenters. The van der Waals surface area contributed by atoms with Crippen LogP contribution in [0.4, 0.5) is 11.4 Å². The molecular formula is C12H12N2O3. The van der Waals surface area contributed by atoms with Crippen molar-refractivity contribution in [2.24, 2.45) is 0 Å². The number of nitro groups is 1. The van der Waals surface area contributed by atoms with Crippen LogP contribution in [0, 0.1) is 17.0 Å². The number of nitrogens with zero attached hydrogens (tertiary/aromatic N) is 1. The Labute approximate surface area is 98.2 Å². The third-order valence-electron chi connectivity index (χ3n) is 2.32. The quantitative estimate of drug-likeness (QED) is 0.649. The summed E-state index contributed by atoms with van der Waals surface area (Å²) in [4.78, 5) is 10.2. The summed E-state index contributed by atoms with van der Waals surface area (Å²) in [5.74, 6) is 1.65. The summed E-state index contributed by atoms with van der Waals surface area (Å²) in [6.45, 7) is 2.38. The van der Waals surface area contributed by atoms with Crippen molar-refractivity contribution in [1.82, 2.24) is 0 Å². The van der Waals surface area contributed by atoms with Gasteiger partial charge in [0.15, 0.2) is 0 Å². The molecule has 5 heteroatoms. The molecule has 0 unspecified atom stereocenters. The number of hydrogen-bond donors (Lipinski definition) is 1. The predicted octanol–water partition coefficient (Wildman–Crippen LogP) is 3.11. The molecule has 0 saturated heterocycles. The highest BCUT2D eigenvalue weighted by Crippen LogP contribution is 2.18. The van der Waals surface area contributed by atoms with E-state index in [-0.39, 0.29) is 5.69 Å². The number of anilines is 1. The third kappa shape index (κ3) is 2.84. The lowest BCUT2D eigenvalue weighted by Crippen LogP contribution is -1.98. The molecule has 17 heavy (non-hydrogen) atoms. The van der Waals surface area contributed by atoms with Crippen molar-refractivity contribution in [3.63, 3.8) is 0 Å². The van der Waals surface area contributed by atoms with Gasteiger partial charge in [0.2, 0.25) is 0 Å². The highest BCUT2D eigenvalue weighted by Gasteiger charge is 2.05. The van der Waals surface area contributed by atoms with E-state index in [2.05, 4.69) is 5.32 Å². The van der Waals surface area contributed by atoms with E-state index in [0.717, 1.165) is 11.5 Å². The van der Waals surface area contributed by atoms with E-state index in [4.69, 9.17) is 4.42 Å². The third-order valence-corrected chi connectivity index (χ3v) is 2.32. The number of rotatable bonds is 4. The highest BCUT2D eigenvalue weighted by atomic mass is 16.6. The molecular weight excluding hydrogens is 220 g/mol. The van der Waals surface area contributed by atoms with Gasteiger partial charge < -0.3 is 9.73 Å². The molecule has 5 nitrogen and oxygen atoms in total. The van der Waals surface area contributed by atoms with Crippen molar-refractivity contribution in [3.05, 3.63) is 58.0 Å². The summed E-state index contributed by atoms with van der Waals surface area (Å²) in [6, 6.07) is 10.1. The van der Waals surface area contributed by atoms with Crippen molar-refractivity contribution in [3.8, 4) is 0 Å². The Kier molecular flexibility index (Phi) is 3.09. The molecule has 0 bridgehead atoms. The van der Waals surface area contributed by atoms with Gasteiger partial charge in [0.25, 0.3) is 5.69 Å². The molecule has 1 heterocycles. The van der Waals surface area contributed by atoms with Gasteiger partial charge in [-0.2, -0.15) is 0 Å². The van der Waals surface area contributed by atoms with Gasteiger partial charge in [0, 0.05) is 17.8 Å². The van der Waals surface area contributed by atoms with Gasteiger partial charge >= 0.3 is 0 Å². The molecule has 1 aromatic carbocycles. The van der Waals surface area contributed by atoms with Crippen LogP contribution in [0.1, 0.15) is 11.5 Å². The number of furan rings is 1. The minimum Gasteiger partial charge on any atom is -0.465 e. The summed E-state index contributed by atoms with van der Waals surface area (Å²) in [6.07, 6.45) is 0. The van der Waals surface area contributed by atoms with E-state index in [1.54, 1.807) is 12.1 Å². The lowest BCUT2D eigenvalue weighted by molar-refractivity contribution is -0.384. The van der Waals surface area contributed by atoms with Crippen molar-refractivity contribution in [1.29, 1.82) is 0 Å².